The second-order valence-corrected chi connectivity index (χ2v) is 5.59. The van der Waals surface area contributed by atoms with Crippen LogP contribution in [0, 0.1) is 6.92 Å². The molecule has 0 aliphatic rings. The summed E-state index contributed by atoms with van der Waals surface area (Å²) in [6, 6.07) is 5.55. The van der Waals surface area contributed by atoms with Gasteiger partial charge < -0.3 is 5.32 Å². The van der Waals surface area contributed by atoms with Gasteiger partial charge in [0.1, 0.15) is 0 Å². The zero-order valence-corrected chi connectivity index (χ0v) is 12.7. The summed E-state index contributed by atoms with van der Waals surface area (Å²) in [5.41, 5.74) is 1.36. The standard InChI is InChI=1S/C13H17BrClNO/c1-4-13(3,8-15)16-12(17)10-5-6-11(14)9(2)7-10/h5-7H,4,8H2,1-3H3,(H,16,17). The van der Waals surface area contributed by atoms with Crippen molar-refractivity contribution in [2.75, 3.05) is 5.88 Å². The topological polar surface area (TPSA) is 29.1 Å². The quantitative estimate of drug-likeness (QED) is 0.838. The molecule has 0 spiro atoms. The highest BCUT2D eigenvalue weighted by atomic mass is 79.9. The molecule has 0 aromatic heterocycles. The Morgan fingerprint density at radius 3 is 2.65 bits per heavy atom. The van der Waals surface area contributed by atoms with Crippen LogP contribution in [0.4, 0.5) is 0 Å². The van der Waals surface area contributed by atoms with E-state index in [-0.39, 0.29) is 11.4 Å². The zero-order valence-electron chi connectivity index (χ0n) is 10.3. The predicted molar refractivity (Wildman–Crippen MR) is 75.8 cm³/mol. The first-order valence-electron chi connectivity index (χ1n) is 5.56. The summed E-state index contributed by atoms with van der Waals surface area (Å²) in [5.74, 6) is 0.329. The van der Waals surface area contributed by atoms with Gasteiger partial charge in [0.15, 0.2) is 0 Å². The molecule has 0 aliphatic carbocycles. The summed E-state index contributed by atoms with van der Waals surface area (Å²) in [6.45, 7) is 5.92. The number of benzene rings is 1. The van der Waals surface area contributed by atoms with Crippen molar-refractivity contribution in [1.29, 1.82) is 0 Å². The van der Waals surface area contributed by atoms with Crippen LogP contribution in [-0.2, 0) is 0 Å². The third kappa shape index (κ3) is 3.71. The van der Waals surface area contributed by atoms with Crippen molar-refractivity contribution < 1.29 is 4.79 Å². The molecule has 1 rings (SSSR count). The lowest BCUT2D eigenvalue weighted by molar-refractivity contribution is 0.0912. The molecular formula is C13H17BrClNO. The number of carbonyl (C=O) groups is 1. The van der Waals surface area contributed by atoms with E-state index in [1.54, 1.807) is 6.07 Å². The molecule has 0 saturated heterocycles. The molecule has 1 aromatic carbocycles. The number of hydrogen-bond donors (Lipinski definition) is 1. The molecule has 94 valence electrons. The maximum atomic E-state index is 12.1. The van der Waals surface area contributed by atoms with Crippen LogP contribution in [0.15, 0.2) is 22.7 Å². The van der Waals surface area contributed by atoms with Crippen molar-refractivity contribution in [2.24, 2.45) is 0 Å². The third-order valence-corrected chi connectivity index (χ3v) is 4.39. The number of amides is 1. The van der Waals surface area contributed by atoms with Crippen LogP contribution in [0.2, 0.25) is 0 Å². The number of alkyl halides is 1. The van der Waals surface area contributed by atoms with Gasteiger partial charge in [0.2, 0.25) is 0 Å². The Labute approximate surface area is 116 Å². The Morgan fingerprint density at radius 2 is 2.18 bits per heavy atom. The lowest BCUT2D eigenvalue weighted by atomic mass is 10.0. The van der Waals surface area contributed by atoms with Crippen LogP contribution >= 0.6 is 27.5 Å². The van der Waals surface area contributed by atoms with Crippen LogP contribution in [-0.4, -0.2) is 17.3 Å². The molecule has 0 radical (unpaired) electrons. The van der Waals surface area contributed by atoms with E-state index in [4.69, 9.17) is 11.6 Å². The number of rotatable bonds is 4. The average molecular weight is 319 g/mol. The molecule has 1 unspecified atom stereocenters. The van der Waals surface area contributed by atoms with Gasteiger partial charge in [-0.25, -0.2) is 0 Å². The van der Waals surface area contributed by atoms with Gasteiger partial charge in [-0.1, -0.05) is 22.9 Å². The van der Waals surface area contributed by atoms with E-state index in [0.717, 1.165) is 16.5 Å². The zero-order chi connectivity index (χ0) is 13.1. The highest BCUT2D eigenvalue weighted by Crippen LogP contribution is 2.18. The van der Waals surface area contributed by atoms with E-state index in [2.05, 4.69) is 21.2 Å². The van der Waals surface area contributed by atoms with E-state index in [9.17, 15) is 4.79 Å². The smallest absolute Gasteiger partial charge is 0.251 e. The Morgan fingerprint density at radius 1 is 1.53 bits per heavy atom. The summed E-state index contributed by atoms with van der Waals surface area (Å²) in [7, 11) is 0. The minimum Gasteiger partial charge on any atom is -0.346 e. The van der Waals surface area contributed by atoms with E-state index in [1.165, 1.54) is 0 Å². The van der Waals surface area contributed by atoms with E-state index < -0.39 is 0 Å². The first kappa shape index (κ1) is 14.5. The number of aryl methyl sites for hydroxylation is 1. The van der Waals surface area contributed by atoms with Crippen LogP contribution in [0.25, 0.3) is 0 Å². The second-order valence-electron chi connectivity index (χ2n) is 4.47. The molecule has 2 nitrogen and oxygen atoms in total. The molecule has 17 heavy (non-hydrogen) atoms. The molecular weight excluding hydrogens is 302 g/mol. The third-order valence-electron chi connectivity index (χ3n) is 2.91. The van der Waals surface area contributed by atoms with Crippen LogP contribution in [0.5, 0.6) is 0 Å². The fourth-order valence-electron chi connectivity index (χ4n) is 1.35. The van der Waals surface area contributed by atoms with Gasteiger partial charge in [0, 0.05) is 15.9 Å². The van der Waals surface area contributed by atoms with E-state index >= 15 is 0 Å². The number of hydrogen-bond acceptors (Lipinski definition) is 1. The van der Waals surface area contributed by atoms with E-state index in [0.29, 0.717) is 11.4 Å². The average Bonchev–Trinajstić information content (AvgIpc) is 2.32. The van der Waals surface area contributed by atoms with Gasteiger partial charge in [-0.15, -0.1) is 11.6 Å². The monoisotopic (exact) mass is 317 g/mol. The van der Waals surface area contributed by atoms with Crippen LogP contribution in [0.3, 0.4) is 0 Å². The van der Waals surface area contributed by atoms with Crippen LogP contribution in [0.1, 0.15) is 36.2 Å². The molecule has 1 aromatic rings. The minimum atomic E-state index is -0.348. The van der Waals surface area contributed by atoms with Crippen molar-refractivity contribution in [1.82, 2.24) is 5.32 Å². The highest BCUT2D eigenvalue weighted by molar-refractivity contribution is 9.10. The second kappa shape index (κ2) is 5.87. The van der Waals surface area contributed by atoms with Gasteiger partial charge in [0.05, 0.1) is 5.54 Å². The number of halogens is 2. The summed E-state index contributed by atoms with van der Waals surface area (Å²) < 4.78 is 1.00. The molecule has 0 heterocycles. The molecule has 1 atom stereocenters. The molecule has 0 bridgehead atoms. The molecule has 1 amide bonds. The SMILES string of the molecule is CCC(C)(CCl)NC(=O)c1ccc(Br)c(C)c1. The number of nitrogens with one attached hydrogen (secondary N) is 1. The lowest BCUT2D eigenvalue weighted by Gasteiger charge is -2.27. The van der Waals surface area contributed by atoms with Gasteiger partial charge >= 0.3 is 0 Å². The van der Waals surface area contributed by atoms with Crippen LogP contribution < -0.4 is 5.32 Å². The maximum Gasteiger partial charge on any atom is 0.251 e. The first-order valence-corrected chi connectivity index (χ1v) is 6.89. The molecule has 4 heteroatoms. The summed E-state index contributed by atoms with van der Waals surface area (Å²) in [5, 5.41) is 2.97. The lowest BCUT2D eigenvalue weighted by Crippen LogP contribution is -2.47. The molecule has 0 aliphatic heterocycles. The summed E-state index contributed by atoms with van der Waals surface area (Å²) >= 11 is 9.29. The van der Waals surface area contributed by atoms with Crippen molar-refractivity contribution >= 4 is 33.4 Å². The summed E-state index contributed by atoms with van der Waals surface area (Å²) in [6.07, 6.45) is 0.803. The minimum absolute atomic E-state index is 0.0781. The molecule has 1 N–H and O–H groups in total. The highest BCUT2D eigenvalue weighted by Gasteiger charge is 2.23. The van der Waals surface area contributed by atoms with Crippen molar-refractivity contribution in [2.45, 2.75) is 32.7 Å². The fraction of sp³-hybridized carbons (Fsp3) is 0.462. The molecule has 0 fully saturated rings. The Hall–Kier alpha value is -0.540. The molecule has 0 saturated carbocycles. The van der Waals surface area contributed by atoms with Crippen molar-refractivity contribution in [3.63, 3.8) is 0 Å². The normalized spacial score (nSPS) is 14.2. The largest absolute Gasteiger partial charge is 0.346 e. The van der Waals surface area contributed by atoms with Crippen molar-refractivity contribution in [3.8, 4) is 0 Å². The number of carbonyl (C=O) groups excluding carboxylic acids is 1. The Balaban J connectivity index is 2.86. The fourth-order valence-corrected chi connectivity index (χ4v) is 1.85. The predicted octanol–water partition coefficient (Wildman–Crippen LogP) is 3.89. The Bertz CT molecular complexity index is 416. The first-order chi connectivity index (χ1) is 7.91. The van der Waals surface area contributed by atoms with Gasteiger partial charge in [-0.3, -0.25) is 4.79 Å². The van der Waals surface area contributed by atoms with Crippen molar-refractivity contribution in [3.05, 3.63) is 33.8 Å². The van der Waals surface area contributed by atoms with Gasteiger partial charge in [0.25, 0.3) is 5.91 Å². The Kier molecular flexibility index (Phi) is 5.02. The van der Waals surface area contributed by atoms with Gasteiger partial charge in [-0.2, -0.15) is 0 Å². The van der Waals surface area contributed by atoms with E-state index in [1.807, 2.05) is 32.9 Å². The van der Waals surface area contributed by atoms with Gasteiger partial charge in [-0.05, 0) is 44.0 Å². The summed E-state index contributed by atoms with van der Waals surface area (Å²) in [4.78, 5) is 12.1. The maximum absolute atomic E-state index is 12.1.